The van der Waals surface area contributed by atoms with E-state index < -0.39 is 43.9 Å². The number of benzene rings is 2. The number of carbonyl (C=O) groups excluding carboxylic acids is 2. The van der Waals surface area contributed by atoms with Crippen LogP contribution in [0.4, 0.5) is 24.5 Å². The zero-order valence-electron chi connectivity index (χ0n) is 18.9. The number of allylic oxidation sites excluding steroid dienone is 1. The van der Waals surface area contributed by atoms with Gasteiger partial charge in [-0.15, -0.1) is 0 Å². The van der Waals surface area contributed by atoms with E-state index in [1.807, 2.05) is 13.8 Å². The third-order valence-corrected chi connectivity index (χ3v) is 7.14. The number of nitrogens with zero attached hydrogens (tertiary/aromatic N) is 1. The molecule has 2 aromatic carbocycles. The van der Waals surface area contributed by atoms with Gasteiger partial charge in [0.15, 0.2) is 5.78 Å². The first-order chi connectivity index (χ1) is 15.6. The smallest absolute Gasteiger partial charge is 0.399 e. The topological polar surface area (TPSA) is 110 Å². The summed E-state index contributed by atoms with van der Waals surface area (Å²) in [6, 6.07) is 10.6. The second-order valence-corrected chi connectivity index (χ2v) is 10.0. The fraction of sp³-hybridized carbons (Fsp3) is 0.304. The lowest BCUT2D eigenvalue weighted by Gasteiger charge is -2.33. The molecule has 1 aliphatic rings. The number of anilines is 2. The number of sulfonamides is 1. The van der Waals surface area contributed by atoms with E-state index >= 15 is 0 Å². The van der Waals surface area contributed by atoms with Crippen molar-refractivity contribution in [2.45, 2.75) is 50.2 Å². The molecule has 0 unspecified atom stereocenters. The van der Waals surface area contributed by atoms with Gasteiger partial charge in [-0.3, -0.25) is 14.5 Å². The van der Waals surface area contributed by atoms with E-state index in [0.29, 0.717) is 0 Å². The van der Waals surface area contributed by atoms with E-state index in [0.717, 1.165) is 29.5 Å². The fourth-order valence-electron chi connectivity index (χ4n) is 3.97. The third kappa shape index (κ3) is 4.09. The monoisotopic (exact) mass is 495 g/mol. The van der Waals surface area contributed by atoms with Crippen LogP contribution in [-0.4, -0.2) is 31.8 Å². The molecule has 1 amide bonds. The number of rotatable bonds is 6. The van der Waals surface area contributed by atoms with Crippen molar-refractivity contribution in [1.82, 2.24) is 4.72 Å². The quantitative estimate of drug-likeness (QED) is 0.591. The molecular formula is C23H24F3N3O4S. The fourth-order valence-corrected chi connectivity index (χ4v) is 5.29. The number of halogens is 3. The lowest BCUT2D eigenvalue weighted by atomic mass is 9.88. The van der Waals surface area contributed by atoms with E-state index in [-0.39, 0.29) is 23.0 Å². The Balaban J connectivity index is 2.22. The molecule has 2 aromatic rings. The number of nitrogens with two attached hydrogens (primary N) is 1. The van der Waals surface area contributed by atoms with Crippen LogP contribution in [0.5, 0.6) is 0 Å². The Kier molecular flexibility index (Phi) is 6.40. The van der Waals surface area contributed by atoms with Gasteiger partial charge in [-0.1, -0.05) is 26.0 Å². The van der Waals surface area contributed by atoms with Crippen LogP contribution < -0.4 is 15.4 Å². The molecule has 1 aliphatic heterocycles. The van der Waals surface area contributed by atoms with E-state index in [4.69, 9.17) is 5.73 Å². The molecule has 1 atom stereocenters. The summed E-state index contributed by atoms with van der Waals surface area (Å²) in [5.74, 6) is -2.60. The standard InChI is InChI=1S/C23H24F3N3O4S/c1-13(2)16-5-9-18(10-6-16)29-14(3)20(15(4)30)22(21(29)31,23(24,25)26)28-34(32,33)19-11-7-17(27)8-12-19/h5-13,28H,27H2,1-4H3/t22-/m0/s1. The normalized spacial score (nSPS) is 19.3. The third-order valence-electron chi connectivity index (χ3n) is 5.67. The van der Waals surface area contributed by atoms with Crippen molar-refractivity contribution >= 4 is 33.1 Å². The Bertz CT molecular complexity index is 1270. The largest absolute Gasteiger partial charge is 0.421 e. The first-order valence-electron chi connectivity index (χ1n) is 10.3. The van der Waals surface area contributed by atoms with Gasteiger partial charge in [0.25, 0.3) is 5.91 Å². The Morgan fingerprint density at radius 3 is 2.03 bits per heavy atom. The number of hydrogen-bond donors (Lipinski definition) is 2. The van der Waals surface area contributed by atoms with Crippen LogP contribution in [0.25, 0.3) is 0 Å². The second-order valence-electron chi connectivity index (χ2n) is 8.33. The zero-order chi connectivity index (χ0) is 25.6. The van der Waals surface area contributed by atoms with Crippen molar-refractivity contribution in [2.75, 3.05) is 10.6 Å². The summed E-state index contributed by atoms with van der Waals surface area (Å²) in [4.78, 5) is 26.1. The maximum atomic E-state index is 14.6. The molecule has 0 spiro atoms. The zero-order valence-corrected chi connectivity index (χ0v) is 19.7. The molecule has 0 saturated carbocycles. The average Bonchev–Trinajstić information content (AvgIpc) is 2.95. The summed E-state index contributed by atoms with van der Waals surface area (Å²) in [5.41, 5.74) is 1.58. The van der Waals surface area contributed by atoms with Crippen LogP contribution in [0.3, 0.4) is 0 Å². The summed E-state index contributed by atoms with van der Waals surface area (Å²) < 4.78 is 71.4. The van der Waals surface area contributed by atoms with Crippen LogP contribution in [0.15, 0.2) is 64.7 Å². The van der Waals surface area contributed by atoms with E-state index in [1.54, 1.807) is 12.1 Å². The number of hydrogen-bond acceptors (Lipinski definition) is 5. The van der Waals surface area contributed by atoms with Crippen molar-refractivity contribution in [3.05, 3.63) is 65.4 Å². The molecule has 0 radical (unpaired) electrons. The number of ketones is 1. The van der Waals surface area contributed by atoms with Gasteiger partial charge < -0.3 is 5.73 Å². The van der Waals surface area contributed by atoms with Crippen LogP contribution in [0.2, 0.25) is 0 Å². The summed E-state index contributed by atoms with van der Waals surface area (Å²) in [6.07, 6.45) is -5.47. The average molecular weight is 496 g/mol. The molecule has 0 aliphatic carbocycles. The predicted octanol–water partition coefficient (Wildman–Crippen LogP) is 3.88. The van der Waals surface area contributed by atoms with E-state index in [2.05, 4.69) is 0 Å². The lowest BCUT2D eigenvalue weighted by Crippen LogP contribution is -2.66. The van der Waals surface area contributed by atoms with Gasteiger partial charge in [0.2, 0.25) is 15.6 Å². The highest BCUT2D eigenvalue weighted by Crippen LogP contribution is 2.47. The number of Topliss-reactive ketones (excluding diaryl/α,β-unsaturated/α-hetero) is 1. The van der Waals surface area contributed by atoms with E-state index in [1.165, 1.54) is 35.9 Å². The highest BCUT2D eigenvalue weighted by atomic mass is 32.2. The molecule has 0 bridgehead atoms. The van der Waals surface area contributed by atoms with Gasteiger partial charge in [0, 0.05) is 17.1 Å². The lowest BCUT2D eigenvalue weighted by molar-refractivity contribution is -0.183. The van der Waals surface area contributed by atoms with Crippen molar-refractivity contribution in [1.29, 1.82) is 0 Å². The number of alkyl halides is 3. The molecule has 0 fully saturated rings. The Hall–Kier alpha value is -3.18. The molecule has 34 heavy (non-hydrogen) atoms. The molecule has 3 N–H and O–H groups in total. The Morgan fingerprint density at radius 1 is 1.06 bits per heavy atom. The van der Waals surface area contributed by atoms with Crippen LogP contribution in [0, 0.1) is 0 Å². The molecular weight excluding hydrogens is 471 g/mol. The van der Waals surface area contributed by atoms with Gasteiger partial charge in [-0.05, 0) is 61.7 Å². The first-order valence-corrected chi connectivity index (χ1v) is 11.7. The highest BCUT2D eigenvalue weighted by molar-refractivity contribution is 7.89. The van der Waals surface area contributed by atoms with Gasteiger partial charge >= 0.3 is 6.18 Å². The number of nitrogens with one attached hydrogen (secondary N) is 1. The molecule has 11 heteroatoms. The first kappa shape index (κ1) is 25.4. The van der Waals surface area contributed by atoms with Crippen LogP contribution in [0.1, 0.15) is 39.2 Å². The SMILES string of the molecule is CC(=O)C1=C(C)N(c2ccc(C(C)C)cc2)C(=O)[C@]1(NS(=O)(=O)c1ccc(N)cc1)C(F)(F)F. The van der Waals surface area contributed by atoms with Crippen LogP contribution >= 0.6 is 0 Å². The summed E-state index contributed by atoms with van der Waals surface area (Å²) in [5, 5.41) is 0. The Morgan fingerprint density at radius 2 is 1.59 bits per heavy atom. The molecule has 0 aromatic heterocycles. The molecule has 0 saturated heterocycles. The van der Waals surface area contributed by atoms with Gasteiger partial charge in [0.1, 0.15) is 0 Å². The van der Waals surface area contributed by atoms with Crippen molar-refractivity contribution < 1.29 is 31.2 Å². The number of nitrogen functional groups attached to an aromatic ring is 1. The Labute approximate surface area is 195 Å². The minimum Gasteiger partial charge on any atom is -0.399 e. The number of amides is 1. The maximum Gasteiger partial charge on any atom is 0.421 e. The minimum atomic E-state index is -5.47. The molecule has 3 rings (SSSR count). The van der Waals surface area contributed by atoms with Crippen LogP contribution in [-0.2, 0) is 19.6 Å². The minimum absolute atomic E-state index is 0.0726. The van der Waals surface area contributed by atoms with E-state index in [9.17, 15) is 31.2 Å². The molecule has 1 heterocycles. The molecule has 7 nitrogen and oxygen atoms in total. The predicted molar refractivity (Wildman–Crippen MR) is 121 cm³/mol. The number of carbonyl (C=O) groups is 2. The maximum absolute atomic E-state index is 14.6. The van der Waals surface area contributed by atoms with Gasteiger partial charge in [-0.2, -0.15) is 17.9 Å². The summed E-state index contributed by atoms with van der Waals surface area (Å²) in [6.45, 7) is 5.89. The van der Waals surface area contributed by atoms with Gasteiger partial charge in [-0.25, -0.2) is 8.42 Å². The van der Waals surface area contributed by atoms with Gasteiger partial charge in [0.05, 0.1) is 10.5 Å². The second kappa shape index (κ2) is 8.55. The van der Waals surface area contributed by atoms with Crippen molar-refractivity contribution in [2.24, 2.45) is 0 Å². The van der Waals surface area contributed by atoms with Crippen molar-refractivity contribution in [3.63, 3.8) is 0 Å². The van der Waals surface area contributed by atoms with Crippen molar-refractivity contribution in [3.8, 4) is 0 Å². The summed E-state index contributed by atoms with van der Waals surface area (Å²) >= 11 is 0. The summed E-state index contributed by atoms with van der Waals surface area (Å²) in [7, 11) is -4.91. The highest BCUT2D eigenvalue weighted by Gasteiger charge is 2.70. The molecule has 182 valence electrons.